The van der Waals surface area contributed by atoms with Crippen LogP contribution in [0.3, 0.4) is 0 Å². The lowest BCUT2D eigenvalue weighted by Gasteiger charge is -2.33. The Labute approximate surface area is 217 Å². The number of rotatable bonds is 6. The Balaban J connectivity index is 1.80. The molecule has 3 aromatic carbocycles. The van der Waals surface area contributed by atoms with E-state index in [0.717, 1.165) is 12.0 Å². The minimum absolute atomic E-state index is 0.105. The van der Waals surface area contributed by atoms with Crippen LogP contribution in [0.4, 0.5) is 0 Å². The van der Waals surface area contributed by atoms with Crippen LogP contribution in [-0.4, -0.2) is 20.7 Å². The topological polar surface area (TPSA) is 26.3 Å². The third-order valence-corrected chi connectivity index (χ3v) is 9.12. The van der Waals surface area contributed by atoms with E-state index < -0.39 is 8.07 Å². The predicted octanol–water partition coefficient (Wildman–Crippen LogP) is 8.70. The summed E-state index contributed by atoms with van der Waals surface area (Å²) >= 11 is 0. The van der Waals surface area contributed by atoms with Gasteiger partial charge in [-0.3, -0.25) is 0 Å². The van der Waals surface area contributed by atoms with Crippen LogP contribution in [0.2, 0.25) is 19.6 Å². The molecule has 0 aromatic heterocycles. The average molecular weight is 495 g/mol. The molecule has 1 aliphatic carbocycles. The van der Waals surface area contributed by atoms with Crippen molar-refractivity contribution in [3.63, 3.8) is 0 Å². The van der Waals surface area contributed by atoms with Crippen molar-refractivity contribution in [3.05, 3.63) is 112 Å². The van der Waals surface area contributed by atoms with Gasteiger partial charge in [0.2, 0.25) is 0 Å². The SMILES string of the molecule is CCOC(=O)c1ccc(/C=C(/c2ccc3c(c2)C(c2ccc(C)cc2)=CCC3(C)C)[Si](C)(C)C)cc1. The minimum atomic E-state index is -1.70. The lowest BCUT2D eigenvalue weighted by atomic mass is 9.72. The van der Waals surface area contributed by atoms with E-state index in [9.17, 15) is 4.79 Å². The maximum atomic E-state index is 12.1. The van der Waals surface area contributed by atoms with Crippen LogP contribution in [0.25, 0.3) is 16.8 Å². The van der Waals surface area contributed by atoms with E-state index in [1.807, 2.05) is 31.2 Å². The Morgan fingerprint density at radius 1 is 0.944 bits per heavy atom. The molecule has 2 nitrogen and oxygen atoms in total. The molecular weight excluding hydrogens is 456 g/mol. The van der Waals surface area contributed by atoms with Gasteiger partial charge in [0.1, 0.15) is 0 Å². The molecule has 0 aliphatic heterocycles. The monoisotopic (exact) mass is 494 g/mol. The highest BCUT2D eigenvalue weighted by Gasteiger charge is 2.30. The summed E-state index contributed by atoms with van der Waals surface area (Å²) in [5.41, 5.74) is 9.74. The fourth-order valence-corrected chi connectivity index (χ4v) is 6.56. The Morgan fingerprint density at radius 2 is 1.58 bits per heavy atom. The van der Waals surface area contributed by atoms with Crippen LogP contribution in [-0.2, 0) is 10.2 Å². The van der Waals surface area contributed by atoms with Crippen molar-refractivity contribution in [2.24, 2.45) is 0 Å². The predicted molar refractivity (Wildman–Crippen MR) is 156 cm³/mol. The van der Waals surface area contributed by atoms with Gasteiger partial charge in [0.25, 0.3) is 0 Å². The number of carbonyl (C=O) groups excluding carboxylic acids is 1. The van der Waals surface area contributed by atoms with Gasteiger partial charge in [0, 0.05) is 0 Å². The number of aryl methyl sites for hydroxylation is 1. The highest BCUT2D eigenvalue weighted by atomic mass is 28.3. The standard InChI is InChI=1S/C33H38O2Si/c1-8-35-32(34)26-15-11-24(12-16-26)21-31(36(5,6)7)27-17-18-30-29(22-27)28(19-20-33(30,3)4)25-13-9-23(2)10-14-25/h9-19,21-22H,8,20H2,1-7H3/b31-21-. The third kappa shape index (κ3) is 5.47. The summed E-state index contributed by atoms with van der Waals surface area (Å²) in [6, 6.07) is 23.7. The number of carbonyl (C=O) groups is 1. The smallest absolute Gasteiger partial charge is 0.338 e. The minimum Gasteiger partial charge on any atom is -0.462 e. The van der Waals surface area contributed by atoms with E-state index >= 15 is 0 Å². The molecule has 0 amide bonds. The van der Waals surface area contributed by atoms with Crippen LogP contribution in [0.5, 0.6) is 0 Å². The number of allylic oxidation sites excluding steroid dienone is 1. The van der Waals surface area contributed by atoms with Crippen molar-refractivity contribution in [3.8, 4) is 0 Å². The first-order chi connectivity index (χ1) is 17.0. The second kappa shape index (κ2) is 10.1. The zero-order valence-electron chi connectivity index (χ0n) is 22.7. The Morgan fingerprint density at radius 3 is 2.19 bits per heavy atom. The molecule has 0 radical (unpaired) electrons. The molecule has 4 rings (SSSR count). The van der Waals surface area contributed by atoms with E-state index in [0.29, 0.717) is 12.2 Å². The highest BCUT2D eigenvalue weighted by molar-refractivity contribution is 6.94. The molecule has 3 aromatic rings. The summed E-state index contributed by atoms with van der Waals surface area (Å²) in [6.45, 7) is 16.2. The Hall–Kier alpha value is -3.17. The lowest BCUT2D eigenvalue weighted by molar-refractivity contribution is 0.0526. The summed E-state index contributed by atoms with van der Waals surface area (Å²) in [5.74, 6) is -0.272. The Kier molecular flexibility index (Phi) is 7.24. The molecule has 0 fully saturated rings. The zero-order chi connectivity index (χ0) is 26.1. The van der Waals surface area contributed by atoms with Crippen molar-refractivity contribution in [2.75, 3.05) is 6.61 Å². The summed E-state index contributed by atoms with van der Waals surface area (Å²) < 4.78 is 5.14. The summed E-state index contributed by atoms with van der Waals surface area (Å²) in [4.78, 5) is 12.1. The number of fused-ring (bicyclic) bond motifs is 1. The van der Waals surface area contributed by atoms with Crippen LogP contribution >= 0.6 is 0 Å². The fourth-order valence-electron chi connectivity index (χ4n) is 4.94. The van der Waals surface area contributed by atoms with Gasteiger partial charge in [-0.2, -0.15) is 0 Å². The lowest BCUT2D eigenvalue weighted by Crippen LogP contribution is -2.25. The summed E-state index contributed by atoms with van der Waals surface area (Å²) in [6.07, 6.45) is 5.76. The van der Waals surface area contributed by atoms with Gasteiger partial charge >= 0.3 is 5.97 Å². The van der Waals surface area contributed by atoms with Gasteiger partial charge in [0.05, 0.1) is 20.2 Å². The van der Waals surface area contributed by atoms with E-state index in [4.69, 9.17) is 4.74 Å². The number of hydrogen-bond acceptors (Lipinski definition) is 2. The molecule has 36 heavy (non-hydrogen) atoms. The second-order valence-corrected chi connectivity index (χ2v) is 16.5. The van der Waals surface area contributed by atoms with Crippen molar-refractivity contribution >= 4 is 30.9 Å². The van der Waals surface area contributed by atoms with Gasteiger partial charge in [0.15, 0.2) is 0 Å². The molecule has 0 unspecified atom stereocenters. The zero-order valence-corrected chi connectivity index (χ0v) is 23.7. The largest absolute Gasteiger partial charge is 0.462 e. The van der Waals surface area contributed by atoms with Gasteiger partial charge in [-0.1, -0.05) is 105 Å². The van der Waals surface area contributed by atoms with Gasteiger partial charge in [-0.25, -0.2) is 4.79 Å². The van der Waals surface area contributed by atoms with Crippen LogP contribution in [0, 0.1) is 6.92 Å². The van der Waals surface area contributed by atoms with Gasteiger partial charge < -0.3 is 4.74 Å². The number of ether oxygens (including phenoxy) is 1. The first-order valence-corrected chi connectivity index (χ1v) is 16.4. The summed E-state index contributed by atoms with van der Waals surface area (Å²) in [7, 11) is -1.70. The molecule has 186 valence electrons. The van der Waals surface area contributed by atoms with E-state index in [1.54, 1.807) is 0 Å². The Bertz CT molecular complexity index is 1320. The van der Waals surface area contributed by atoms with E-state index in [-0.39, 0.29) is 11.4 Å². The molecule has 0 atom stereocenters. The summed E-state index contributed by atoms with van der Waals surface area (Å²) in [5, 5.41) is 1.40. The van der Waals surface area contributed by atoms with Crippen LogP contribution < -0.4 is 0 Å². The highest BCUT2D eigenvalue weighted by Crippen LogP contribution is 2.43. The van der Waals surface area contributed by atoms with Gasteiger partial charge in [-0.15, -0.1) is 0 Å². The van der Waals surface area contributed by atoms with Crippen molar-refractivity contribution < 1.29 is 9.53 Å². The normalized spacial score (nSPS) is 15.2. The molecule has 1 aliphatic rings. The first-order valence-electron chi connectivity index (χ1n) is 12.9. The van der Waals surface area contributed by atoms with Crippen LogP contribution in [0.1, 0.15) is 70.9 Å². The average Bonchev–Trinajstić information content (AvgIpc) is 2.83. The third-order valence-electron chi connectivity index (χ3n) is 7.07. The molecule has 0 heterocycles. The molecule has 0 saturated carbocycles. The van der Waals surface area contributed by atoms with Crippen molar-refractivity contribution in [1.29, 1.82) is 0 Å². The number of esters is 1. The maximum Gasteiger partial charge on any atom is 0.338 e. The number of hydrogen-bond donors (Lipinski definition) is 0. The van der Waals surface area contributed by atoms with Crippen molar-refractivity contribution in [1.82, 2.24) is 0 Å². The first kappa shape index (κ1) is 25.9. The quantitative estimate of drug-likeness (QED) is 0.195. The second-order valence-electron chi connectivity index (χ2n) is 11.5. The number of benzene rings is 3. The molecule has 0 bridgehead atoms. The van der Waals surface area contributed by atoms with Crippen LogP contribution in [0.15, 0.2) is 72.8 Å². The molecule has 0 spiro atoms. The fraction of sp³-hybridized carbons (Fsp3) is 0.303. The van der Waals surface area contributed by atoms with E-state index in [2.05, 4.69) is 95.0 Å². The maximum absolute atomic E-state index is 12.1. The molecular formula is C33H38O2Si. The van der Waals surface area contributed by atoms with Crippen molar-refractivity contribution in [2.45, 2.75) is 59.2 Å². The molecule has 3 heteroatoms. The molecule has 0 saturated heterocycles. The molecule has 0 N–H and O–H groups in total. The van der Waals surface area contributed by atoms with Gasteiger partial charge in [-0.05, 0) is 77.3 Å². The van der Waals surface area contributed by atoms with E-state index in [1.165, 1.54) is 38.6 Å².